The molecule has 2 unspecified atom stereocenters. The minimum absolute atomic E-state index is 0.446. The SMILES string of the molecule is CC1=CC(C)C(n2ccnc2)C(C)=C1. The van der Waals surface area contributed by atoms with Crippen molar-refractivity contribution in [2.24, 2.45) is 5.92 Å². The van der Waals surface area contributed by atoms with Crippen LogP contribution in [0.5, 0.6) is 0 Å². The summed E-state index contributed by atoms with van der Waals surface area (Å²) in [5.41, 5.74) is 2.78. The second-order valence-electron chi connectivity index (χ2n) is 4.11. The van der Waals surface area contributed by atoms with Gasteiger partial charge in [0.05, 0.1) is 12.4 Å². The van der Waals surface area contributed by atoms with Crippen molar-refractivity contribution >= 4 is 0 Å². The number of hydrogen-bond donors (Lipinski definition) is 0. The fraction of sp³-hybridized carbons (Fsp3) is 0.417. The van der Waals surface area contributed by atoms with Crippen LogP contribution in [0.3, 0.4) is 0 Å². The molecule has 0 saturated heterocycles. The third-order valence-electron chi connectivity index (χ3n) is 2.79. The van der Waals surface area contributed by atoms with Crippen LogP contribution in [0.2, 0.25) is 0 Å². The molecule has 1 aromatic rings. The van der Waals surface area contributed by atoms with E-state index >= 15 is 0 Å². The molecular formula is C12H16N2. The number of imidazole rings is 1. The van der Waals surface area contributed by atoms with E-state index in [1.807, 2.05) is 18.7 Å². The van der Waals surface area contributed by atoms with Crippen LogP contribution in [0.15, 0.2) is 42.0 Å². The first-order valence-electron chi connectivity index (χ1n) is 5.02. The maximum atomic E-state index is 4.10. The molecule has 1 aliphatic carbocycles. The lowest BCUT2D eigenvalue weighted by Gasteiger charge is -2.27. The van der Waals surface area contributed by atoms with Crippen LogP contribution in [0.25, 0.3) is 0 Å². The van der Waals surface area contributed by atoms with Crippen LogP contribution in [0, 0.1) is 5.92 Å². The zero-order valence-electron chi connectivity index (χ0n) is 8.94. The third kappa shape index (κ3) is 1.52. The van der Waals surface area contributed by atoms with E-state index in [2.05, 4.69) is 42.5 Å². The number of hydrogen-bond acceptors (Lipinski definition) is 1. The van der Waals surface area contributed by atoms with Crippen molar-refractivity contribution in [3.63, 3.8) is 0 Å². The molecule has 1 aliphatic rings. The van der Waals surface area contributed by atoms with Crippen molar-refractivity contribution in [1.29, 1.82) is 0 Å². The molecule has 2 nitrogen and oxygen atoms in total. The summed E-state index contributed by atoms with van der Waals surface area (Å²) >= 11 is 0. The van der Waals surface area contributed by atoms with Crippen LogP contribution in [0.4, 0.5) is 0 Å². The van der Waals surface area contributed by atoms with Crippen molar-refractivity contribution in [2.75, 3.05) is 0 Å². The van der Waals surface area contributed by atoms with Gasteiger partial charge in [-0.25, -0.2) is 4.98 Å². The summed E-state index contributed by atoms with van der Waals surface area (Å²) in [4.78, 5) is 4.10. The normalized spacial score (nSPS) is 27.1. The second-order valence-corrected chi connectivity index (χ2v) is 4.11. The second kappa shape index (κ2) is 3.45. The van der Waals surface area contributed by atoms with Crippen molar-refractivity contribution in [3.8, 4) is 0 Å². The van der Waals surface area contributed by atoms with E-state index in [0.29, 0.717) is 12.0 Å². The van der Waals surface area contributed by atoms with Crippen molar-refractivity contribution in [1.82, 2.24) is 9.55 Å². The Labute approximate surface area is 85.0 Å². The first-order valence-corrected chi connectivity index (χ1v) is 5.02. The van der Waals surface area contributed by atoms with Crippen LogP contribution in [-0.4, -0.2) is 9.55 Å². The number of nitrogens with zero attached hydrogens (tertiary/aromatic N) is 2. The Morgan fingerprint density at radius 1 is 1.36 bits per heavy atom. The molecule has 2 rings (SSSR count). The van der Waals surface area contributed by atoms with Gasteiger partial charge in [0.25, 0.3) is 0 Å². The Hall–Kier alpha value is -1.31. The monoisotopic (exact) mass is 188 g/mol. The summed E-state index contributed by atoms with van der Waals surface area (Å²) in [6.45, 7) is 6.60. The molecule has 1 aromatic heterocycles. The van der Waals surface area contributed by atoms with Gasteiger partial charge >= 0.3 is 0 Å². The summed E-state index contributed by atoms with van der Waals surface area (Å²) in [5.74, 6) is 0.550. The average molecular weight is 188 g/mol. The van der Waals surface area contributed by atoms with E-state index in [1.54, 1.807) is 0 Å². The lowest BCUT2D eigenvalue weighted by Crippen LogP contribution is -2.18. The standard InChI is InChI=1S/C12H16N2/c1-9-6-10(2)12(11(3)7-9)14-5-4-13-8-14/h4-8,10,12H,1-3H3. The maximum absolute atomic E-state index is 4.10. The van der Waals surface area contributed by atoms with Crippen LogP contribution in [-0.2, 0) is 0 Å². The lowest BCUT2D eigenvalue weighted by molar-refractivity contribution is 0.458. The molecule has 0 aliphatic heterocycles. The molecule has 0 fully saturated rings. The summed E-state index contributed by atoms with van der Waals surface area (Å²) in [5, 5.41) is 0. The molecule has 0 spiro atoms. The Morgan fingerprint density at radius 3 is 2.71 bits per heavy atom. The largest absolute Gasteiger partial charge is 0.330 e. The maximum Gasteiger partial charge on any atom is 0.0951 e. The Bertz CT molecular complexity index is 371. The van der Waals surface area contributed by atoms with Gasteiger partial charge in [0.2, 0.25) is 0 Å². The molecule has 2 heteroatoms. The molecule has 74 valence electrons. The number of aromatic nitrogens is 2. The summed E-state index contributed by atoms with van der Waals surface area (Å²) in [6, 6.07) is 0.446. The summed E-state index contributed by atoms with van der Waals surface area (Å²) in [6.07, 6.45) is 10.3. The van der Waals surface area contributed by atoms with Gasteiger partial charge in [-0.3, -0.25) is 0 Å². The van der Waals surface area contributed by atoms with Gasteiger partial charge in [-0.05, 0) is 25.3 Å². The number of rotatable bonds is 1. The predicted molar refractivity (Wildman–Crippen MR) is 57.9 cm³/mol. The van der Waals surface area contributed by atoms with Crippen molar-refractivity contribution < 1.29 is 0 Å². The summed E-state index contributed by atoms with van der Waals surface area (Å²) in [7, 11) is 0. The van der Waals surface area contributed by atoms with Crippen molar-refractivity contribution in [2.45, 2.75) is 26.8 Å². The van der Waals surface area contributed by atoms with E-state index < -0.39 is 0 Å². The Balaban J connectivity index is 2.35. The van der Waals surface area contributed by atoms with Gasteiger partial charge in [-0.2, -0.15) is 0 Å². The number of allylic oxidation sites excluding steroid dienone is 4. The van der Waals surface area contributed by atoms with E-state index in [9.17, 15) is 0 Å². The van der Waals surface area contributed by atoms with Crippen molar-refractivity contribution in [3.05, 3.63) is 42.0 Å². The molecule has 2 atom stereocenters. The molecule has 0 bridgehead atoms. The first kappa shape index (κ1) is 9.25. The minimum atomic E-state index is 0.446. The predicted octanol–water partition coefficient (Wildman–Crippen LogP) is 2.97. The van der Waals surface area contributed by atoms with E-state index in [4.69, 9.17) is 0 Å². The topological polar surface area (TPSA) is 17.8 Å². The fourth-order valence-corrected chi connectivity index (χ4v) is 2.35. The average Bonchev–Trinajstić information content (AvgIpc) is 2.54. The van der Waals surface area contributed by atoms with Gasteiger partial charge < -0.3 is 4.57 Å². The molecule has 0 aromatic carbocycles. The van der Waals surface area contributed by atoms with Crippen LogP contribution >= 0.6 is 0 Å². The lowest BCUT2D eigenvalue weighted by atomic mass is 9.87. The van der Waals surface area contributed by atoms with E-state index in [0.717, 1.165) is 0 Å². The highest BCUT2D eigenvalue weighted by Crippen LogP contribution is 2.32. The van der Waals surface area contributed by atoms with Gasteiger partial charge in [-0.1, -0.05) is 24.6 Å². The Kier molecular flexibility index (Phi) is 2.28. The highest BCUT2D eigenvalue weighted by molar-refractivity contribution is 5.30. The van der Waals surface area contributed by atoms with Gasteiger partial charge in [0.1, 0.15) is 0 Å². The zero-order chi connectivity index (χ0) is 10.1. The highest BCUT2D eigenvalue weighted by Gasteiger charge is 2.21. The zero-order valence-corrected chi connectivity index (χ0v) is 8.94. The first-order chi connectivity index (χ1) is 6.68. The molecule has 0 radical (unpaired) electrons. The minimum Gasteiger partial charge on any atom is -0.330 e. The van der Waals surface area contributed by atoms with Gasteiger partial charge in [0, 0.05) is 12.4 Å². The van der Waals surface area contributed by atoms with E-state index in [1.165, 1.54) is 11.1 Å². The molecule has 0 amide bonds. The quantitative estimate of drug-likeness (QED) is 0.662. The molecule has 1 heterocycles. The molecule has 14 heavy (non-hydrogen) atoms. The smallest absolute Gasteiger partial charge is 0.0951 e. The van der Waals surface area contributed by atoms with Gasteiger partial charge in [-0.15, -0.1) is 0 Å². The van der Waals surface area contributed by atoms with Crippen LogP contribution < -0.4 is 0 Å². The molecule has 0 saturated carbocycles. The fourth-order valence-electron chi connectivity index (χ4n) is 2.35. The van der Waals surface area contributed by atoms with E-state index in [-0.39, 0.29) is 0 Å². The molecule has 0 N–H and O–H groups in total. The van der Waals surface area contributed by atoms with Crippen LogP contribution in [0.1, 0.15) is 26.8 Å². The van der Waals surface area contributed by atoms with Gasteiger partial charge in [0.15, 0.2) is 0 Å². The summed E-state index contributed by atoms with van der Waals surface area (Å²) < 4.78 is 2.18. The third-order valence-corrected chi connectivity index (χ3v) is 2.79. The Morgan fingerprint density at radius 2 is 2.14 bits per heavy atom. The highest BCUT2D eigenvalue weighted by atomic mass is 15.1. The molecular weight excluding hydrogens is 172 g/mol.